The molecule has 138 valence electrons. The molecule has 25 heavy (non-hydrogen) atoms. The van der Waals surface area contributed by atoms with Crippen LogP contribution in [0.25, 0.3) is 5.65 Å². The minimum atomic E-state index is -0.589. The number of carbonyl (C=O) groups is 1. The molecule has 0 saturated carbocycles. The van der Waals surface area contributed by atoms with Crippen molar-refractivity contribution >= 4 is 29.5 Å². The summed E-state index contributed by atoms with van der Waals surface area (Å²) in [4.78, 5) is 21.3. The summed E-state index contributed by atoms with van der Waals surface area (Å²) in [5.41, 5.74) is 2.77. The summed E-state index contributed by atoms with van der Waals surface area (Å²) >= 11 is 1.43. The van der Waals surface area contributed by atoms with Crippen molar-refractivity contribution in [2.75, 3.05) is 17.8 Å². The first-order chi connectivity index (χ1) is 11.5. The summed E-state index contributed by atoms with van der Waals surface area (Å²) in [6.07, 6.45) is 3.02. The van der Waals surface area contributed by atoms with E-state index in [0.29, 0.717) is 23.3 Å². The van der Waals surface area contributed by atoms with Crippen molar-refractivity contribution in [3.63, 3.8) is 0 Å². The van der Waals surface area contributed by atoms with Crippen LogP contribution in [0.4, 0.5) is 10.7 Å². The first kappa shape index (κ1) is 19.3. The van der Waals surface area contributed by atoms with E-state index < -0.39 is 11.7 Å². The maximum Gasteiger partial charge on any atom is 0.426 e. The van der Waals surface area contributed by atoms with Crippen molar-refractivity contribution in [2.24, 2.45) is 5.41 Å². The Morgan fingerprint density at radius 2 is 1.96 bits per heavy atom. The Labute approximate surface area is 152 Å². The number of thioether (sulfide) groups is 1. The Hall–Kier alpha value is -2.03. The van der Waals surface area contributed by atoms with Gasteiger partial charge in [-0.1, -0.05) is 32.5 Å². The molecule has 8 nitrogen and oxygen atoms in total. The van der Waals surface area contributed by atoms with E-state index in [0.717, 1.165) is 0 Å². The van der Waals surface area contributed by atoms with E-state index in [1.807, 2.05) is 27.0 Å². The fourth-order valence-electron chi connectivity index (χ4n) is 2.10. The van der Waals surface area contributed by atoms with Gasteiger partial charge in [-0.3, -0.25) is 0 Å². The van der Waals surface area contributed by atoms with E-state index in [2.05, 4.69) is 41.3 Å². The van der Waals surface area contributed by atoms with E-state index >= 15 is 0 Å². The molecule has 0 aliphatic carbocycles. The standard InChI is InChI=1S/C16H26N6O2S/c1-15(2,3)10-21(20-14(23)24-16(4,5)6)13-19-12(25-7)18-11-8-9-17-22(11)13/h8-9H,10H2,1-7H3,(H,20,23). The Bertz CT molecular complexity index is 747. The van der Waals surface area contributed by atoms with E-state index in [-0.39, 0.29) is 5.41 Å². The van der Waals surface area contributed by atoms with Crippen LogP contribution in [0.2, 0.25) is 0 Å². The predicted molar refractivity (Wildman–Crippen MR) is 98.7 cm³/mol. The van der Waals surface area contributed by atoms with Crippen molar-refractivity contribution in [2.45, 2.75) is 52.3 Å². The maximum absolute atomic E-state index is 12.3. The molecule has 0 aliphatic rings. The number of nitrogens with one attached hydrogen (secondary N) is 1. The topological polar surface area (TPSA) is 84.7 Å². The van der Waals surface area contributed by atoms with Gasteiger partial charge in [0, 0.05) is 12.6 Å². The average molecular weight is 366 g/mol. The molecule has 0 radical (unpaired) electrons. The van der Waals surface area contributed by atoms with E-state index in [9.17, 15) is 4.79 Å². The molecular weight excluding hydrogens is 340 g/mol. The van der Waals surface area contributed by atoms with Crippen molar-refractivity contribution in [1.82, 2.24) is 25.0 Å². The molecule has 0 atom stereocenters. The van der Waals surface area contributed by atoms with E-state index in [1.165, 1.54) is 11.8 Å². The van der Waals surface area contributed by atoms with E-state index in [4.69, 9.17) is 4.74 Å². The molecule has 0 aromatic carbocycles. The lowest BCUT2D eigenvalue weighted by atomic mass is 9.97. The first-order valence-corrected chi connectivity index (χ1v) is 9.24. The van der Waals surface area contributed by atoms with Crippen LogP contribution in [0.5, 0.6) is 0 Å². The SMILES string of the molecule is CSc1nc(N(CC(C)(C)C)NC(=O)OC(C)(C)C)n2nccc2n1. The molecule has 1 N–H and O–H groups in total. The third-order valence-electron chi connectivity index (χ3n) is 2.90. The molecule has 0 saturated heterocycles. The minimum absolute atomic E-state index is 0.0983. The van der Waals surface area contributed by atoms with Crippen LogP contribution in [-0.2, 0) is 4.74 Å². The number of hydrogen-bond acceptors (Lipinski definition) is 7. The number of fused-ring (bicyclic) bond motifs is 1. The highest BCUT2D eigenvalue weighted by Gasteiger charge is 2.25. The minimum Gasteiger partial charge on any atom is -0.443 e. The van der Waals surface area contributed by atoms with Crippen molar-refractivity contribution in [1.29, 1.82) is 0 Å². The second kappa shape index (κ2) is 7.07. The molecule has 0 aliphatic heterocycles. The number of nitrogens with zero attached hydrogens (tertiary/aromatic N) is 5. The van der Waals surface area contributed by atoms with Crippen molar-refractivity contribution < 1.29 is 9.53 Å². The lowest BCUT2D eigenvalue weighted by Crippen LogP contribution is -2.49. The summed E-state index contributed by atoms with van der Waals surface area (Å²) < 4.78 is 6.98. The van der Waals surface area contributed by atoms with Gasteiger partial charge in [-0.15, -0.1) is 0 Å². The van der Waals surface area contributed by atoms with Crippen molar-refractivity contribution in [3.8, 4) is 0 Å². The van der Waals surface area contributed by atoms with Crippen LogP contribution in [0.1, 0.15) is 41.5 Å². The molecule has 0 fully saturated rings. The number of amides is 1. The highest BCUT2D eigenvalue weighted by molar-refractivity contribution is 7.98. The number of ether oxygens (including phenoxy) is 1. The smallest absolute Gasteiger partial charge is 0.426 e. The molecule has 1 amide bonds. The first-order valence-electron chi connectivity index (χ1n) is 8.01. The highest BCUT2D eigenvalue weighted by Crippen LogP contribution is 2.22. The largest absolute Gasteiger partial charge is 0.443 e. The van der Waals surface area contributed by atoms with Gasteiger partial charge in [0.05, 0.1) is 6.20 Å². The van der Waals surface area contributed by atoms with Gasteiger partial charge in [-0.2, -0.15) is 14.6 Å². The average Bonchev–Trinajstić information content (AvgIpc) is 2.89. The van der Waals surface area contributed by atoms with Gasteiger partial charge in [-0.25, -0.2) is 20.2 Å². The van der Waals surface area contributed by atoms with Gasteiger partial charge in [0.25, 0.3) is 0 Å². The molecule has 2 aromatic rings. The molecular formula is C16H26N6O2S. The number of carbonyl (C=O) groups excluding carboxylic acids is 1. The Morgan fingerprint density at radius 1 is 1.28 bits per heavy atom. The fraction of sp³-hybridized carbons (Fsp3) is 0.625. The molecule has 0 bridgehead atoms. The molecule has 0 unspecified atom stereocenters. The highest BCUT2D eigenvalue weighted by atomic mass is 32.2. The van der Waals surface area contributed by atoms with Gasteiger partial charge < -0.3 is 4.74 Å². The zero-order chi connectivity index (χ0) is 18.8. The number of aromatic nitrogens is 4. The lowest BCUT2D eigenvalue weighted by Gasteiger charge is -2.31. The zero-order valence-electron chi connectivity index (χ0n) is 15.8. The normalized spacial score (nSPS) is 12.3. The zero-order valence-corrected chi connectivity index (χ0v) is 16.6. The molecule has 2 aromatic heterocycles. The van der Waals surface area contributed by atoms with Crippen LogP contribution in [0, 0.1) is 5.41 Å². The summed E-state index contributed by atoms with van der Waals surface area (Å²) in [5.74, 6) is 0.486. The fourth-order valence-corrected chi connectivity index (χ4v) is 2.46. The van der Waals surface area contributed by atoms with Crippen LogP contribution in [0.15, 0.2) is 17.4 Å². The molecule has 2 rings (SSSR count). The van der Waals surface area contributed by atoms with Crippen LogP contribution >= 0.6 is 11.8 Å². The van der Waals surface area contributed by atoms with Crippen LogP contribution in [0.3, 0.4) is 0 Å². The van der Waals surface area contributed by atoms with Crippen LogP contribution < -0.4 is 10.4 Å². The summed E-state index contributed by atoms with van der Waals surface area (Å²) in [6.45, 7) is 12.2. The quantitative estimate of drug-likeness (QED) is 0.657. The molecule has 0 spiro atoms. The molecule has 9 heteroatoms. The summed E-state index contributed by atoms with van der Waals surface area (Å²) in [7, 11) is 0. The third-order valence-corrected chi connectivity index (χ3v) is 3.45. The lowest BCUT2D eigenvalue weighted by molar-refractivity contribution is 0.0515. The van der Waals surface area contributed by atoms with Gasteiger partial charge in [0.15, 0.2) is 10.8 Å². The monoisotopic (exact) mass is 366 g/mol. The predicted octanol–water partition coefficient (Wildman–Crippen LogP) is 3.14. The second-order valence-corrected chi connectivity index (χ2v) is 8.65. The van der Waals surface area contributed by atoms with Crippen molar-refractivity contribution in [3.05, 3.63) is 12.3 Å². The van der Waals surface area contributed by atoms with Gasteiger partial charge in [0.1, 0.15) is 5.60 Å². The Balaban J connectivity index is 2.42. The number of rotatable bonds is 4. The van der Waals surface area contributed by atoms with Crippen LogP contribution in [-0.4, -0.2) is 44.1 Å². The summed E-state index contributed by atoms with van der Waals surface area (Å²) in [6, 6.07) is 1.80. The summed E-state index contributed by atoms with van der Waals surface area (Å²) in [5, 5.41) is 6.54. The van der Waals surface area contributed by atoms with Gasteiger partial charge in [0.2, 0.25) is 5.95 Å². The number of hydrazine groups is 1. The third kappa shape index (κ3) is 5.48. The Morgan fingerprint density at radius 3 is 2.52 bits per heavy atom. The van der Waals surface area contributed by atoms with E-state index in [1.54, 1.807) is 21.8 Å². The number of anilines is 1. The second-order valence-electron chi connectivity index (χ2n) is 7.87. The number of hydrogen-bond donors (Lipinski definition) is 1. The maximum atomic E-state index is 12.3. The molecule has 2 heterocycles. The Kier molecular flexibility index (Phi) is 5.46. The van der Waals surface area contributed by atoms with Gasteiger partial charge >= 0.3 is 6.09 Å². The van der Waals surface area contributed by atoms with Gasteiger partial charge in [-0.05, 0) is 32.4 Å².